The van der Waals surface area contributed by atoms with E-state index < -0.39 is 0 Å². The fourth-order valence-electron chi connectivity index (χ4n) is 2.17. The third kappa shape index (κ3) is 3.29. The van der Waals surface area contributed by atoms with E-state index in [4.69, 9.17) is 0 Å². The summed E-state index contributed by atoms with van der Waals surface area (Å²) in [6.07, 6.45) is 2.09. The van der Waals surface area contributed by atoms with Crippen molar-refractivity contribution in [1.29, 1.82) is 0 Å². The summed E-state index contributed by atoms with van der Waals surface area (Å²) in [5.74, 6) is 1.11. The second-order valence-corrected chi connectivity index (χ2v) is 7.88. The van der Waals surface area contributed by atoms with Crippen LogP contribution in [0.15, 0.2) is 22.7 Å². The maximum Gasteiger partial charge on any atom is 0.152 e. The minimum absolute atomic E-state index is 0.339. The van der Waals surface area contributed by atoms with Gasteiger partial charge in [-0.1, -0.05) is 29.8 Å². The Morgan fingerprint density at radius 1 is 1.39 bits per heavy atom. The lowest BCUT2D eigenvalue weighted by molar-refractivity contribution is 0.112. The van der Waals surface area contributed by atoms with E-state index in [1.807, 2.05) is 30.0 Å². The van der Waals surface area contributed by atoms with Crippen LogP contribution in [0.4, 0.5) is 5.69 Å². The first kappa shape index (κ1) is 13.9. The predicted octanol–water partition coefficient (Wildman–Crippen LogP) is 3.98. The van der Waals surface area contributed by atoms with Gasteiger partial charge in [0.1, 0.15) is 0 Å². The predicted molar refractivity (Wildman–Crippen MR) is 82.9 cm³/mol. The van der Waals surface area contributed by atoms with Gasteiger partial charge in [-0.05, 0) is 24.6 Å². The molecule has 1 saturated heterocycles. The van der Waals surface area contributed by atoms with E-state index >= 15 is 0 Å². The van der Waals surface area contributed by atoms with Crippen molar-refractivity contribution in [2.45, 2.75) is 25.0 Å². The minimum atomic E-state index is 0.339. The van der Waals surface area contributed by atoms with Gasteiger partial charge in [-0.2, -0.15) is 11.8 Å². The largest absolute Gasteiger partial charge is 0.370 e. The first-order valence-electron chi connectivity index (χ1n) is 6.15. The van der Waals surface area contributed by atoms with Gasteiger partial charge in [0, 0.05) is 39.3 Å². The molecule has 2 rings (SSSR count). The fourth-order valence-corrected chi connectivity index (χ4v) is 3.65. The van der Waals surface area contributed by atoms with Gasteiger partial charge in [0.05, 0.1) is 0 Å². The Bertz CT molecular complexity index is 447. The third-order valence-electron chi connectivity index (χ3n) is 3.30. The van der Waals surface area contributed by atoms with Crippen LogP contribution in [0.25, 0.3) is 0 Å². The average molecular weight is 328 g/mol. The molecule has 4 heteroatoms. The summed E-state index contributed by atoms with van der Waals surface area (Å²) < 4.78 is 1.30. The van der Waals surface area contributed by atoms with Crippen LogP contribution in [0.3, 0.4) is 0 Å². The summed E-state index contributed by atoms with van der Waals surface area (Å²) in [6, 6.07) is 5.94. The molecule has 1 aromatic rings. The molecule has 0 atom stereocenters. The van der Waals surface area contributed by atoms with Crippen molar-refractivity contribution in [3.63, 3.8) is 0 Å². The number of benzene rings is 1. The van der Waals surface area contributed by atoms with E-state index in [-0.39, 0.29) is 0 Å². The van der Waals surface area contributed by atoms with Crippen molar-refractivity contribution in [3.05, 3.63) is 28.2 Å². The molecule has 0 aromatic heterocycles. The molecule has 0 radical (unpaired) electrons. The van der Waals surface area contributed by atoms with E-state index in [1.165, 1.54) is 0 Å². The lowest BCUT2D eigenvalue weighted by Gasteiger charge is -2.25. The highest BCUT2D eigenvalue weighted by atomic mass is 79.9. The molecular formula is C14H18BrNOS. The molecule has 1 aliphatic rings. The number of hydrogen-bond acceptors (Lipinski definition) is 3. The lowest BCUT2D eigenvalue weighted by Crippen LogP contribution is -2.27. The smallest absolute Gasteiger partial charge is 0.152 e. The van der Waals surface area contributed by atoms with Crippen LogP contribution in [-0.4, -0.2) is 29.9 Å². The third-order valence-corrected chi connectivity index (χ3v) is 5.16. The molecule has 0 aliphatic carbocycles. The molecule has 0 N–H and O–H groups in total. The number of hydrogen-bond donors (Lipinski definition) is 0. The van der Waals surface area contributed by atoms with Crippen molar-refractivity contribution < 1.29 is 4.79 Å². The van der Waals surface area contributed by atoms with Crippen LogP contribution in [0, 0.1) is 0 Å². The summed E-state index contributed by atoms with van der Waals surface area (Å²) in [6.45, 7) is 6.62. The molecule has 0 amide bonds. The molecule has 0 bridgehead atoms. The first-order chi connectivity index (χ1) is 8.52. The van der Waals surface area contributed by atoms with E-state index in [9.17, 15) is 4.79 Å². The van der Waals surface area contributed by atoms with Crippen molar-refractivity contribution in [3.8, 4) is 0 Å². The Morgan fingerprint density at radius 3 is 2.89 bits per heavy atom. The number of halogens is 1. The summed E-state index contributed by atoms with van der Waals surface area (Å²) in [5, 5.41) is 0. The number of aldehydes is 1. The van der Waals surface area contributed by atoms with Crippen LogP contribution in [-0.2, 0) is 0 Å². The highest BCUT2D eigenvalue weighted by Crippen LogP contribution is 2.33. The van der Waals surface area contributed by atoms with Crippen molar-refractivity contribution in [1.82, 2.24) is 0 Å². The van der Waals surface area contributed by atoms with Crippen LogP contribution >= 0.6 is 27.7 Å². The molecule has 0 saturated carbocycles. The summed E-state index contributed by atoms with van der Waals surface area (Å²) in [5.41, 5.74) is 1.83. The maximum atomic E-state index is 11.2. The van der Waals surface area contributed by atoms with E-state index in [1.54, 1.807) is 0 Å². The fraction of sp³-hybridized carbons (Fsp3) is 0.500. The van der Waals surface area contributed by atoms with Gasteiger partial charge in [0.2, 0.25) is 0 Å². The van der Waals surface area contributed by atoms with Gasteiger partial charge >= 0.3 is 0 Å². The Kier molecular flexibility index (Phi) is 4.38. The Morgan fingerprint density at radius 2 is 2.17 bits per heavy atom. The van der Waals surface area contributed by atoms with Crippen LogP contribution in [0.1, 0.15) is 30.6 Å². The number of carbonyl (C=O) groups is 1. The summed E-state index contributed by atoms with van der Waals surface area (Å²) in [7, 11) is 0. The number of thioether (sulfide) groups is 1. The highest BCUT2D eigenvalue weighted by molar-refractivity contribution is 9.10. The second-order valence-electron chi connectivity index (χ2n) is 5.17. The lowest BCUT2D eigenvalue weighted by atomic mass is 10.1. The molecule has 1 fully saturated rings. The van der Waals surface area contributed by atoms with Gasteiger partial charge in [-0.15, -0.1) is 0 Å². The van der Waals surface area contributed by atoms with Gasteiger partial charge in [0.25, 0.3) is 0 Å². The maximum absolute atomic E-state index is 11.2. The highest BCUT2D eigenvalue weighted by Gasteiger charge is 2.24. The molecular weight excluding hydrogens is 310 g/mol. The Labute approximate surface area is 121 Å². The molecule has 0 spiro atoms. The topological polar surface area (TPSA) is 20.3 Å². The van der Waals surface area contributed by atoms with Crippen LogP contribution in [0.5, 0.6) is 0 Å². The average Bonchev–Trinajstić information content (AvgIpc) is 2.50. The minimum Gasteiger partial charge on any atom is -0.370 e. The summed E-state index contributed by atoms with van der Waals surface area (Å²) in [4.78, 5) is 13.5. The standard InChI is InChI=1S/C14H18BrNOS/c1-14(2)5-6-16(7-8-18-14)13-4-3-12(15)9-11(13)10-17/h3-4,9-10H,5-8H2,1-2H3. The monoisotopic (exact) mass is 327 g/mol. The zero-order valence-electron chi connectivity index (χ0n) is 10.8. The molecule has 18 heavy (non-hydrogen) atoms. The van der Waals surface area contributed by atoms with Gasteiger partial charge in [-0.25, -0.2) is 0 Å². The zero-order chi connectivity index (χ0) is 13.2. The van der Waals surface area contributed by atoms with E-state index in [0.717, 1.165) is 47.3 Å². The molecule has 1 aliphatic heterocycles. The number of rotatable bonds is 2. The molecule has 2 nitrogen and oxygen atoms in total. The van der Waals surface area contributed by atoms with Gasteiger partial charge in [-0.3, -0.25) is 4.79 Å². The number of anilines is 1. The van der Waals surface area contributed by atoms with Gasteiger partial charge in [0.15, 0.2) is 6.29 Å². The Hall–Kier alpha value is -0.480. The quantitative estimate of drug-likeness (QED) is 0.766. The second kappa shape index (κ2) is 5.66. The zero-order valence-corrected chi connectivity index (χ0v) is 13.2. The van der Waals surface area contributed by atoms with E-state index in [0.29, 0.717) is 4.75 Å². The molecule has 1 aromatic carbocycles. The molecule has 1 heterocycles. The molecule has 98 valence electrons. The van der Waals surface area contributed by atoms with Gasteiger partial charge < -0.3 is 4.90 Å². The SMILES string of the molecule is CC1(C)CCN(c2ccc(Br)cc2C=O)CCS1. The number of carbonyl (C=O) groups excluding carboxylic acids is 1. The van der Waals surface area contributed by atoms with Crippen LogP contribution < -0.4 is 4.90 Å². The van der Waals surface area contributed by atoms with E-state index in [2.05, 4.69) is 34.7 Å². The molecule has 0 unspecified atom stereocenters. The van der Waals surface area contributed by atoms with Crippen molar-refractivity contribution in [2.75, 3.05) is 23.7 Å². The van der Waals surface area contributed by atoms with Crippen LogP contribution in [0.2, 0.25) is 0 Å². The van der Waals surface area contributed by atoms with Crippen molar-refractivity contribution >= 4 is 39.7 Å². The normalized spacial score (nSPS) is 19.4. The summed E-state index contributed by atoms with van der Waals surface area (Å²) >= 11 is 5.43. The number of nitrogens with zero attached hydrogens (tertiary/aromatic N) is 1. The van der Waals surface area contributed by atoms with Crippen molar-refractivity contribution in [2.24, 2.45) is 0 Å². The Balaban J connectivity index is 2.23. The first-order valence-corrected chi connectivity index (χ1v) is 7.93.